The minimum absolute atomic E-state index is 0.0395. The van der Waals surface area contributed by atoms with Crippen LogP contribution in [0.15, 0.2) is 72.8 Å². The maximum atomic E-state index is 13.4. The number of esters is 1. The van der Waals surface area contributed by atoms with Crippen molar-refractivity contribution in [2.75, 3.05) is 0 Å². The summed E-state index contributed by atoms with van der Waals surface area (Å²) in [5.74, 6) is -0.411. The van der Waals surface area contributed by atoms with Crippen molar-refractivity contribution >= 4 is 34.2 Å². The van der Waals surface area contributed by atoms with E-state index in [1.165, 1.54) is 12.1 Å². The molecule has 0 spiro atoms. The standard InChI is InChI=1S/C29H21N3O4/c30-17-20-8-10-21(11-9-20)18-36-29(33)27-24-5-1-2-7-26(24)31-28-22(4-3-6-25(27)28)16-19-12-14-23(15-13-19)32(34)35/h1-2,5,7-16H,3-4,6,18H2. The van der Waals surface area contributed by atoms with E-state index in [1.54, 1.807) is 36.4 Å². The third kappa shape index (κ3) is 4.57. The molecule has 0 bridgehead atoms. The zero-order valence-corrected chi connectivity index (χ0v) is 19.3. The number of non-ortho nitro benzene ring substituents is 1. The van der Waals surface area contributed by atoms with Crippen molar-refractivity contribution in [1.82, 2.24) is 4.98 Å². The molecule has 176 valence electrons. The molecule has 7 nitrogen and oxygen atoms in total. The molecule has 0 unspecified atom stereocenters. The highest BCUT2D eigenvalue weighted by Crippen LogP contribution is 2.36. The third-order valence-electron chi connectivity index (χ3n) is 6.27. The Bertz CT molecular complexity index is 1550. The molecule has 0 amide bonds. The number of aromatic nitrogens is 1. The van der Waals surface area contributed by atoms with Gasteiger partial charge in [-0.2, -0.15) is 5.26 Å². The van der Waals surface area contributed by atoms with Crippen LogP contribution in [0, 0.1) is 21.4 Å². The number of fused-ring (bicyclic) bond motifs is 2. The van der Waals surface area contributed by atoms with E-state index in [2.05, 4.69) is 6.07 Å². The van der Waals surface area contributed by atoms with Crippen LogP contribution in [-0.2, 0) is 17.8 Å². The van der Waals surface area contributed by atoms with Crippen molar-refractivity contribution in [3.05, 3.63) is 116 Å². The van der Waals surface area contributed by atoms with Gasteiger partial charge in [0.05, 0.1) is 33.3 Å². The van der Waals surface area contributed by atoms with Crippen LogP contribution in [0.2, 0.25) is 0 Å². The van der Waals surface area contributed by atoms with Gasteiger partial charge < -0.3 is 4.74 Å². The number of para-hydroxylation sites is 1. The fourth-order valence-electron chi connectivity index (χ4n) is 4.50. The van der Waals surface area contributed by atoms with Gasteiger partial charge >= 0.3 is 5.97 Å². The first-order chi connectivity index (χ1) is 17.5. The summed E-state index contributed by atoms with van der Waals surface area (Å²) in [7, 11) is 0. The smallest absolute Gasteiger partial charge is 0.339 e. The normalized spacial score (nSPS) is 13.7. The molecule has 1 aliphatic carbocycles. The number of rotatable bonds is 5. The molecule has 0 fully saturated rings. The third-order valence-corrected chi connectivity index (χ3v) is 6.27. The van der Waals surface area contributed by atoms with Crippen LogP contribution >= 0.6 is 0 Å². The number of allylic oxidation sites excluding steroid dienone is 1. The van der Waals surface area contributed by atoms with Crippen molar-refractivity contribution in [2.45, 2.75) is 25.9 Å². The Morgan fingerprint density at radius 3 is 2.53 bits per heavy atom. The van der Waals surface area contributed by atoms with Crippen LogP contribution in [0.5, 0.6) is 0 Å². The fraction of sp³-hybridized carbons (Fsp3) is 0.138. The molecule has 1 aromatic heterocycles. The lowest BCUT2D eigenvalue weighted by atomic mass is 9.86. The van der Waals surface area contributed by atoms with Gasteiger partial charge in [-0.1, -0.05) is 30.3 Å². The summed E-state index contributed by atoms with van der Waals surface area (Å²) in [6, 6.07) is 22.9. The zero-order valence-electron chi connectivity index (χ0n) is 19.3. The molecule has 0 atom stereocenters. The number of nitro benzene ring substituents is 1. The molecule has 7 heteroatoms. The zero-order chi connectivity index (χ0) is 25.1. The Kier molecular flexibility index (Phi) is 6.25. The maximum absolute atomic E-state index is 13.4. The fourth-order valence-corrected chi connectivity index (χ4v) is 4.50. The quantitative estimate of drug-likeness (QED) is 0.192. The van der Waals surface area contributed by atoms with E-state index in [0.29, 0.717) is 23.1 Å². The van der Waals surface area contributed by atoms with Crippen LogP contribution in [-0.4, -0.2) is 15.9 Å². The monoisotopic (exact) mass is 475 g/mol. The highest BCUT2D eigenvalue weighted by Gasteiger charge is 2.26. The van der Waals surface area contributed by atoms with Crippen LogP contribution in [0.25, 0.3) is 22.6 Å². The number of hydrogen-bond acceptors (Lipinski definition) is 6. The number of nitriles is 1. The van der Waals surface area contributed by atoms with Gasteiger partial charge in [0.2, 0.25) is 0 Å². The molecular weight excluding hydrogens is 454 g/mol. The van der Waals surface area contributed by atoms with E-state index in [0.717, 1.165) is 46.2 Å². The molecule has 3 aromatic carbocycles. The number of ether oxygens (including phenoxy) is 1. The van der Waals surface area contributed by atoms with E-state index >= 15 is 0 Å². The van der Waals surface area contributed by atoms with Gasteiger partial charge in [0.1, 0.15) is 6.61 Å². The predicted molar refractivity (Wildman–Crippen MR) is 136 cm³/mol. The predicted octanol–water partition coefficient (Wildman–Crippen LogP) is 6.25. The minimum atomic E-state index is -0.420. The Balaban J connectivity index is 1.52. The minimum Gasteiger partial charge on any atom is -0.457 e. The maximum Gasteiger partial charge on any atom is 0.339 e. The first-order valence-corrected chi connectivity index (χ1v) is 11.6. The molecule has 5 rings (SSSR count). The van der Waals surface area contributed by atoms with E-state index in [-0.39, 0.29) is 12.3 Å². The summed E-state index contributed by atoms with van der Waals surface area (Å²) >= 11 is 0. The molecule has 0 saturated carbocycles. The number of hydrogen-bond donors (Lipinski definition) is 0. The number of carbonyl (C=O) groups is 1. The van der Waals surface area contributed by atoms with Crippen molar-refractivity contribution in [3.8, 4) is 6.07 Å². The van der Waals surface area contributed by atoms with Crippen LogP contribution < -0.4 is 0 Å². The lowest BCUT2D eigenvalue weighted by Crippen LogP contribution is -2.15. The van der Waals surface area contributed by atoms with Gasteiger partial charge in [0.25, 0.3) is 5.69 Å². The average Bonchev–Trinajstić information content (AvgIpc) is 2.91. The van der Waals surface area contributed by atoms with E-state index in [9.17, 15) is 14.9 Å². The van der Waals surface area contributed by atoms with Crippen molar-refractivity contribution in [3.63, 3.8) is 0 Å². The molecular formula is C29H21N3O4. The Hall–Kier alpha value is -4.83. The molecule has 4 aromatic rings. The van der Waals surface area contributed by atoms with Crippen molar-refractivity contribution in [2.24, 2.45) is 0 Å². The van der Waals surface area contributed by atoms with Gasteiger partial charge in [0, 0.05) is 17.5 Å². The molecule has 0 saturated heterocycles. The molecule has 1 aliphatic rings. The van der Waals surface area contributed by atoms with Crippen molar-refractivity contribution in [1.29, 1.82) is 5.26 Å². The second-order valence-electron chi connectivity index (χ2n) is 8.59. The summed E-state index contributed by atoms with van der Waals surface area (Å²) in [6.07, 6.45) is 4.32. The van der Waals surface area contributed by atoms with Crippen LogP contribution in [0.1, 0.15) is 51.1 Å². The summed E-state index contributed by atoms with van der Waals surface area (Å²) in [6.45, 7) is 0.0987. The average molecular weight is 476 g/mol. The summed E-state index contributed by atoms with van der Waals surface area (Å²) in [5.41, 5.74) is 6.07. The van der Waals surface area contributed by atoms with Crippen LogP contribution in [0.4, 0.5) is 5.69 Å². The topological polar surface area (TPSA) is 106 Å². The van der Waals surface area contributed by atoms with Gasteiger partial charge in [0.15, 0.2) is 0 Å². The highest BCUT2D eigenvalue weighted by molar-refractivity contribution is 6.06. The number of benzene rings is 3. The molecule has 0 radical (unpaired) electrons. The first-order valence-electron chi connectivity index (χ1n) is 11.6. The summed E-state index contributed by atoms with van der Waals surface area (Å²) < 4.78 is 5.72. The number of pyridine rings is 1. The first kappa shape index (κ1) is 22.9. The Morgan fingerprint density at radius 2 is 1.81 bits per heavy atom. The van der Waals surface area contributed by atoms with Gasteiger partial charge in [-0.15, -0.1) is 0 Å². The second kappa shape index (κ2) is 9.80. The molecule has 36 heavy (non-hydrogen) atoms. The lowest BCUT2D eigenvalue weighted by Gasteiger charge is -2.22. The Labute approximate surface area is 207 Å². The van der Waals surface area contributed by atoms with E-state index < -0.39 is 10.9 Å². The van der Waals surface area contributed by atoms with Crippen LogP contribution in [0.3, 0.4) is 0 Å². The largest absolute Gasteiger partial charge is 0.457 e. The highest BCUT2D eigenvalue weighted by atomic mass is 16.6. The van der Waals surface area contributed by atoms with Gasteiger partial charge in [-0.05, 0) is 77.9 Å². The van der Waals surface area contributed by atoms with Gasteiger partial charge in [-0.25, -0.2) is 9.78 Å². The van der Waals surface area contributed by atoms with Gasteiger partial charge in [-0.3, -0.25) is 10.1 Å². The SMILES string of the molecule is N#Cc1ccc(COC(=O)c2c3c(nc4ccccc24)C(=Cc2ccc([N+](=O)[O-])cc2)CCC3)cc1. The molecule has 0 N–H and O–H groups in total. The van der Waals surface area contributed by atoms with Crippen molar-refractivity contribution < 1.29 is 14.5 Å². The van der Waals surface area contributed by atoms with E-state index in [4.69, 9.17) is 15.0 Å². The summed E-state index contributed by atoms with van der Waals surface area (Å²) in [5, 5.41) is 20.7. The molecule has 0 aliphatic heterocycles. The lowest BCUT2D eigenvalue weighted by molar-refractivity contribution is -0.384. The molecule has 1 heterocycles. The number of carbonyl (C=O) groups excluding carboxylic acids is 1. The summed E-state index contributed by atoms with van der Waals surface area (Å²) in [4.78, 5) is 28.9. The van der Waals surface area contributed by atoms with E-state index in [1.807, 2.05) is 30.3 Å². The number of nitrogens with zero attached hydrogens (tertiary/aromatic N) is 3. The number of nitro groups is 1. The Morgan fingerprint density at radius 1 is 1.06 bits per heavy atom. The second-order valence-corrected chi connectivity index (χ2v) is 8.59.